The van der Waals surface area contributed by atoms with Gasteiger partial charge in [-0.05, 0) is 65.2 Å². The molecular formula is C22H35NO5. The minimum atomic E-state index is -0.797. The predicted octanol–water partition coefficient (Wildman–Crippen LogP) is 4.01. The Balaban J connectivity index is 3.11. The maximum Gasteiger partial charge on any atom is 0.316 e. The van der Waals surface area contributed by atoms with Gasteiger partial charge in [-0.15, -0.1) is 0 Å². The molecule has 0 saturated carbocycles. The summed E-state index contributed by atoms with van der Waals surface area (Å²) in [5.41, 5.74) is -0.274. The van der Waals surface area contributed by atoms with E-state index in [1.165, 1.54) is 0 Å². The number of aliphatic hydroxyl groups is 1. The zero-order chi connectivity index (χ0) is 21.7. The van der Waals surface area contributed by atoms with E-state index in [-0.39, 0.29) is 29.4 Å². The van der Waals surface area contributed by atoms with Crippen molar-refractivity contribution in [2.75, 3.05) is 6.54 Å². The van der Waals surface area contributed by atoms with E-state index in [9.17, 15) is 14.7 Å². The number of carbonyl (C=O) groups excluding carboxylic acids is 2. The van der Waals surface area contributed by atoms with Crippen molar-refractivity contribution in [3.05, 3.63) is 23.8 Å². The molecule has 6 heteroatoms. The largest absolute Gasteiger partial charge is 0.422 e. The van der Waals surface area contributed by atoms with E-state index in [4.69, 9.17) is 9.47 Å². The highest BCUT2D eigenvalue weighted by molar-refractivity contribution is 5.79. The molecule has 1 atom stereocenters. The summed E-state index contributed by atoms with van der Waals surface area (Å²) in [6.45, 7) is 15.4. The number of β-amino-alcohol motifs (C(OH)–C–C–N with tert-alkyl or cyclic N) is 1. The number of aliphatic hydroxyl groups excluding tert-OH is 1. The second-order valence-electron chi connectivity index (χ2n) is 9.56. The fraction of sp³-hybridized carbons (Fsp3) is 0.636. The van der Waals surface area contributed by atoms with Crippen LogP contribution in [0, 0.1) is 11.3 Å². The molecule has 6 nitrogen and oxygen atoms in total. The first-order valence-corrected chi connectivity index (χ1v) is 9.69. The Labute approximate surface area is 168 Å². The summed E-state index contributed by atoms with van der Waals surface area (Å²) in [7, 11) is 0. The van der Waals surface area contributed by atoms with Crippen LogP contribution < -0.4 is 14.8 Å². The highest BCUT2D eigenvalue weighted by atomic mass is 16.6. The fourth-order valence-electron chi connectivity index (χ4n) is 2.17. The molecule has 0 spiro atoms. The Kier molecular flexibility index (Phi) is 8.20. The smallest absolute Gasteiger partial charge is 0.316 e. The lowest BCUT2D eigenvalue weighted by Crippen LogP contribution is -2.38. The van der Waals surface area contributed by atoms with Crippen LogP contribution >= 0.6 is 0 Å². The van der Waals surface area contributed by atoms with E-state index < -0.39 is 23.5 Å². The molecule has 0 aromatic heterocycles. The van der Waals surface area contributed by atoms with Crippen LogP contribution in [-0.4, -0.2) is 29.1 Å². The van der Waals surface area contributed by atoms with Crippen LogP contribution in [0.3, 0.4) is 0 Å². The molecule has 2 N–H and O–H groups in total. The van der Waals surface area contributed by atoms with Gasteiger partial charge in [0.2, 0.25) is 0 Å². The highest BCUT2D eigenvalue weighted by Gasteiger charge is 2.26. The molecule has 28 heavy (non-hydrogen) atoms. The molecule has 1 aromatic carbocycles. The standard InChI is InChI=1S/C22H35NO5/c1-14(2)11-19(25)27-18-12-15(16(24)13-23-22(6,7)8)9-10-17(18)28-20(26)21(3,4)5/h9-10,12,14,16,23-24H,11,13H2,1-8H3. The Bertz CT molecular complexity index is 683. The molecule has 0 bridgehead atoms. The average molecular weight is 394 g/mol. The van der Waals surface area contributed by atoms with Crippen molar-refractivity contribution in [2.45, 2.75) is 73.5 Å². The molecule has 1 rings (SSSR count). The SMILES string of the molecule is CC(C)CC(=O)Oc1cc(C(O)CNC(C)(C)C)ccc1OC(=O)C(C)(C)C. The van der Waals surface area contributed by atoms with E-state index in [2.05, 4.69) is 5.32 Å². The Morgan fingerprint density at radius 2 is 1.64 bits per heavy atom. The zero-order valence-corrected chi connectivity index (χ0v) is 18.4. The molecular weight excluding hydrogens is 358 g/mol. The number of ether oxygens (including phenoxy) is 2. The number of benzene rings is 1. The summed E-state index contributed by atoms with van der Waals surface area (Å²) in [5, 5.41) is 13.7. The summed E-state index contributed by atoms with van der Waals surface area (Å²) in [6, 6.07) is 4.77. The van der Waals surface area contributed by atoms with E-state index in [0.717, 1.165) is 0 Å². The quantitative estimate of drug-likeness (QED) is 0.538. The number of nitrogens with one attached hydrogen (secondary N) is 1. The zero-order valence-electron chi connectivity index (χ0n) is 18.4. The second kappa shape index (κ2) is 9.52. The van der Waals surface area contributed by atoms with Crippen LogP contribution in [0.5, 0.6) is 11.5 Å². The molecule has 158 valence electrons. The summed E-state index contributed by atoms with van der Waals surface area (Å²) in [6.07, 6.45) is -0.556. The van der Waals surface area contributed by atoms with Gasteiger partial charge >= 0.3 is 11.9 Å². The molecule has 0 aliphatic rings. The number of rotatable bonds is 7. The van der Waals surface area contributed by atoms with Crippen LogP contribution in [0.15, 0.2) is 18.2 Å². The third-order valence-electron chi connectivity index (χ3n) is 3.79. The van der Waals surface area contributed by atoms with Gasteiger partial charge in [0.25, 0.3) is 0 Å². The van der Waals surface area contributed by atoms with E-state index in [1.807, 2.05) is 34.6 Å². The average Bonchev–Trinajstić information content (AvgIpc) is 2.51. The molecule has 0 aliphatic carbocycles. The van der Waals surface area contributed by atoms with Gasteiger partial charge in [-0.3, -0.25) is 9.59 Å². The van der Waals surface area contributed by atoms with Gasteiger partial charge in [0.05, 0.1) is 11.5 Å². The first kappa shape index (κ1) is 24.1. The molecule has 0 aliphatic heterocycles. The van der Waals surface area contributed by atoms with E-state index in [0.29, 0.717) is 12.1 Å². The van der Waals surface area contributed by atoms with Gasteiger partial charge in [-0.25, -0.2) is 0 Å². The number of esters is 2. The van der Waals surface area contributed by atoms with Gasteiger partial charge in [0, 0.05) is 18.5 Å². The third-order valence-corrected chi connectivity index (χ3v) is 3.79. The summed E-state index contributed by atoms with van der Waals surface area (Å²) < 4.78 is 10.9. The molecule has 0 amide bonds. The molecule has 0 heterocycles. The van der Waals surface area contributed by atoms with E-state index in [1.54, 1.807) is 39.0 Å². The fourth-order valence-corrected chi connectivity index (χ4v) is 2.17. The molecule has 0 radical (unpaired) electrons. The number of carbonyl (C=O) groups is 2. The molecule has 1 aromatic rings. The number of hydrogen-bond donors (Lipinski definition) is 2. The van der Waals surface area contributed by atoms with Crippen molar-refractivity contribution in [1.29, 1.82) is 0 Å². The maximum atomic E-state index is 12.3. The van der Waals surface area contributed by atoms with Gasteiger partial charge in [-0.1, -0.05) is 19.9 Å². The van der Waals surface area contributed by atoms with Gasteiger partial charge < -0.3 is 19.9 Å². The van der Waals surface area contributed by atoms with Gasteiger partial charge in [0.15, 0.2) is 11.5 Å². The van der Waals surface area contributed by atoms with Crippen LogP contribution in [0.25, 0.3) is 0 Å². The minimum absolute atomic E-state index is 0.135. The van der Waals surface area contributed by atoms with Crippen LogP contribution in [0.2, 0.25) is 0 Å². The lowest BCUT2D eigenvalue weighted by Gasteiger charge is -2.23. The number of hydrogen-bond acceptors (Lipinski definition) is 6. The molecule has 1 unspecified atom stereocenters. The Morgan fingerprint density at radius 3 is 2.14 bits per heavy atom. The summed E-state index contributed by atoms with van der Waals surface area (Å²) >= 11 is 0. The molecule has 0 saturated heterocycles. The maximum absolute atomic E-state index is 12.3. The van der Waals surface area contributed by atoms with Crippen molar-refractivity contribution in [2.24, 2.45) is 11.3 Å². The Hall–Kier alpha value is -1.92. The van der Waals surface area contributed by atoms with Gasteiger partial charge in [-0.2, -0.15) is 0 Å². The van der Waals surface area contributed by atoms with Crippen molar-refractivity contribution >= 4 is 11.9 Å². The predicted molar refractivity (Wildman–Crippen MR) is 109 cm³/mol. The second-order valence-corrected chi connectivity index (χ2v) is 9.56. The third kappa shape index (κ3) is 8.40. The molecule has 0 fully saturated rings. The first-order valence-electron chi connectivity index (χ1n) is 9.69. The first-order chi connectivity index (χ1) is 12.7. The van der Waals surface area contributed by atoms with Crippen molar-refractivity contribution in [3.8, 4) is 11.5 Å². The van der Waals surface area contributed by atoms with Crippen LogP contribution in [-0.2, 0) is 9.59 Å². The normalized spacial score (nSPS) is 13.4. The van der Waals surface area contributed by atoms with Crippen molar-refractivity contribution < 1.29 is 24.2 Å². The summed E-state index contributed by atoms with van der Waals surface area (Å²) in [4.78, 5) is 24.4. The lowest BCUT2D eigenvalue weighted by molar-refractivity contribution is -0.143. The summed E-state index contributed by atoms with van der Waals surface area (Å²) in [5.74, 6) is -0.413. The van der Waals surface area contributed by atoms with Crippen LogP contribution in [0.4, 0.5) is 0 Å². The lowest BCUT2D eigenvalue weighted by atomic mass is 9.97. The highest BCUT2D eigenvalue weighted by Crippen LogP contribution is 2.33. The van der Waals surface area contributed by atoms with Crippen molar-refractivity contribution in [1.82, 2.24) is 5.32 Å². The van der Waals surface area contributed by atoms with Gasteiger partial charge in [0.1, 0.15) is 0 Å². The minimum Gasteiger partial charge on any atom is -0.422 e. The monoisotopic (exact) mass is 393 g/mol. The van der Waals surface area contributed by atoms with Crippen LogP contribution in [0.1, 0.15) is 73.5 Å². The van der Waals surface area contributed by atoms with Crippen molar-refractivity contribution in [3.63, 3.8) is 0 Å². The topological polar surface area (TPSA) is 84.9 Å². The van der Waals surface area contributed by atoms with E-state index >= 15 is 0 Å². The Morgan fingerprint density at radius 1 is 1.04 bits per heavy atom.